The molecule has 134 valence electrons. The molecule has 26 heavy (non-hydrogen) atoms. The minimum absolute atomic E-state index is 0.0373. The molecule has 1 aliphatic heterocycles. The fourth-order valence-electron chi connectivity index (χ4n) is 2.49. The van der Waals surface area contributed by atoms with Crippen LogP contribution >= 0.6 is 11.8 Å². The van der Waals surface area contributed by atoms with Crippen LogP contribution in [0, 0.1) is 0 Å². The second-order valence-corrected chi connectivity index (χ2v) is 6.84. The van der Waals surface area contributed by atoms with E-state index >= 15 is 0 Å². The van der Waals surface area contributed by atoms with Gasteiger partial charge < -0.3 is 20.5 Å². The molecule has 0 radical (unpaired) electrons. The number of fused-ring (bicyclic) bond motifs is 1. The van der Waals surface area contributed by atoms with E-state index in [1.54, 1.807) is 30.3 Å². The summed E-state index contributed by atoms with van der Waals surface area (Å²) in [4.78, 5) is 36.2. The highest BCUT2D eigenvalue weighted by molar-refractivity contribution is 8.01. The zero-order valence-corrected chi connectivity index (χ0v) is 14.6. The van der Waals surface area contributed by atoms with Crippen LogP contribution in [0.4, 0.5) is 11.4 Å². The van der Waals surface area contributed by atoms with Crippen LogP contribution in [0.2, 0.25) is 0 Å². The predicted octanol–water partition coefficient (Wildman–Crippen LogP) is 2.83. The molecule has 0 aromatic heterocycles. The maximum absolute atomic E-state index is 12.3. The number of thioether (sulfide) groups is 1. The Balaban J connectivity index is 1.69. The van der Waals surface area contributed by atoms with Gasteiger partial charge in [-0.25, -0.2) is 4.79 Å². The fourth-order valence-corrected chi connectivity index (χ4v) is 3.64. The summed E-state index contributed by atoms with van der Waals surface area (Å²) in [6, 6.07) is 11.4. The Morgan fingerprint density at radius 1 is 1.27 bits per heavy atom. The van der Waals surface area contributed by atoms with E-state index in [9.17, 15) is 14.4 Å². The molecule has 1 aliphatic rings. The van der Waals surface area contributed by atoms with Gasteiger partial charge in [0.1, 0.15) is 5.75 Å². The number of carboxylic acid groups (broad SMARTS) is 1. The Kier molecular flexibility index (Phi) is 5.13. The van der Waals surface area contributed by atoms with Gasteiger partial charge in [-0.05, 0) is 30.3 Å². The van der Waals surface area contributed by atoms with Gasteiger partial charge >= 0.3 is 5.97 Å². The Labute approximate surface area is 153 Å². The predicted molar refractivity (Wildman–Crippen MR) is 97.9 cm³/mol. The minimum Gasteiger partial charge on any atom is -0.497 e. The molecule has 2 aromatic carbocycles. The molecule has 1 atom stereocenters. The van der Waals surface area contributed by atoms with E-state index in [2.05, 4.69) is 10.6 Å². The molecule has 0 fully saturated rings. The molecule has 3 rings (SSSR count). The minimum atomic E-state index is -1.04. The molecule has 2 amide bonds. The second kappa shape index (κ2) is 7.49. The van der Waals surface area contributed by atoms with E-state index in [0.29, 0.717) is 22.0 Å². The molecular formula is C18H16N2O5S. The summed E-state index contributed by atoms with van der Waals surface area (Å²) < 4.78 is 5.11. The Bertz CT molecular complexity index is 884. The maximum atomic E-state index is 12.3. The van der Waals surface area contributed by atoms with Crippen LogP contribution in [0.15, 0.2) is 47.4 Å². The average molecular weight is 372 g/mol. The van der Waals surface area contributed by atoms with Crippen LogP contribution < -0.4 is 15.4 Å². The van der Waals surface area contributed by atoms with Gasteiger partial charge in [0.15, 0.2) is 0 Å². The summed E-state index contributed by atoms with van der Waals surface area (Å²) in [5.74, 6) is -1.03. The molecule has 8 heteroatoms. The number of ether oxygens (including phenoxy) is 1. The van der Waals surface area contributed by atoms with Gasteiger partial charge in [-0.15, -0.1) is 11.8 Å². The first kappa shape index (κ1) is 17.8. The number of hydrogen-bond acceptors (Lipinski definition) is 5. The Morgan fingerprint density at radius 2 is 2.08 bits per heavy atom. The van der Waals surface area contributed by atoms with Crippen molar-refractivity contribution in [1.29, 1.82) is 0 Å². The van der Waals surface area contributed by atoms with Crippen molar-refractivity contribution in [3.05, 3.63) is 48.0 Å². The lowest BCUT2D eigenvalue weighted by atomic mass is 10.2. The van der Waals surface area contributed by atoms with Crippen LogP contribution in [-0.2, 0) is 9.59 Å². The SMILES string of the molecule is COc1cccc(NC(=O)CC2Sc3cc(C(=O)O)ccc3NC2=O)c1. The number of carbonyl (C=O) groups is 3. The van der Waals surface area contributed by atoms with Gasteiger partial charge in [-0.2, -0.15) is 0 Å². The lowest BCUT2D eigenvalue weighted by Gasteiger charge is -2.24. The quantitative estimate of drug-likeness (QED) is 0.745. The van der Waals surface area contributed by atoms with Crippen molar-refractivity contribution in [2.45, 2.75) is 16.6 Å². The zero-order chi connectivity index (χ0) is 18.7. The fraction of sp³-hybridized carbons (Fsp3) is 0.167. The van der Waals surface area contributed by atoms with E-state index in [-0.39, 0.29) is 23.8 Å². The van der Waals surface area contributed by atoms with Gasteiger partial charge in [0.05, 0.1) is 23.6 Å². The topological polar surface area (TPSA) is 105 Å². The molecule has 0 saturated heterocycles. The maximum Gasteiger partial charge on any atom is 0.335 e. The van der Waals surface area contributed by atoms with Crippen molar-refractivity contribution >= 4 is 40.9 Å². The summed E-state index contributed by atoms with van der Waals surface area (Å²) in [6.45, 7) is 0. The third-order valence-electron chi connectivity index (χ3n) is 3.77. The Morgan fingerprint density at radius 3 is 2.81 bits per heavy atom. The van der Waals surface area contributed by atoms with Crippen molar-refractivity contribution in [2.24, 2.45) is 0 Å². The van der Waals surface area contributed by atoms with E-state index in [1.165, 1.54) is 31.0 Å². The number of aromatic carboxylic acids is 1. The van der Waals surface area contributed by atoms with Crippen molar-refractivity contribution in [1.82, 2.24) is 0 Å². The molecule has 0 bridgehead atoms. The van der Waals surface area contributed by atoms with Gasteiger partial charge in [-0.3, -0.25) is 9.59 Å². The molecular weight excluding hydrogens is 356 g/mol. The highest BCUT2D eigenvalue weighted by Crippen LogP contribution is 2.37. The number of amides is 2. The number of nitrogens with one attached hydrogen (secondary N) is 2. The molecule has 1 heterocycles. The first-order valence-electron chi connectivity index (χ1n) is 7.75. The van der Waals surface area contributed by atoms with Crippen LogP contribution in [0.25, 0.3) is 0 Å². The summed E-state index contributed by atoms with van der Waals surface area (Å²) in [7, 11) is 1.53. The number of carboxylic acids is 1. The average Bonchev–Trinajstić information content (AvgIpc) is 2.62. The first-order valence-corrected chi connectivity index (χ1v) is 8.63. The van der Waals surface area contributed by atoms with Crippen molar-refractivity contribution in [2.75, 3.05) is 17.7 Å². The van der Waals surface area contributed by atoms with E-state index in [1.807, 2.05) is 0 Å². The van der Waals surface area contributed by atoms with Crippen LogP contribution in [0.3, 0.4) is 0 Å². The number of methoxy groups -OCH3 is 1. The van der Waals surface area contributed by atoms with Crippen LogP contribution in [-0.4, -0.2) is 35.2 Å². The summed E-state index contributed by atoms with van der Waals surface area (Å²) in [6.07, 6.45) is -0.0373. The molecule has 2 aromatic rings. The van der Waals surface area contributed by atoms with Crippen LogP contribution in [0.5, 0.6) is 5.75 Å². The molecule has 3 N–H and O–H groups in total. The Hall–Kier alpha value is -3.00. The van der Waals surface area contributed by atoms with Crippen molar-refractivity contribution in [3.63, 3.8) is 0 Å². The second-order valence-electron chi connectivity index (χ2n) is 5.60. The standard InChI is InChI=1S/C18H16N2O5S/c1-25-12-4-2-3-11(8-12)19-16(21)9-15-17(22)20-13-6-5-10(18(23)24)7-14(13)26-15/h2-8,15H,9H2,1H3,(H,19,21)(H,20,22)(H,23,24). The first-order chi connectivity index (χ1) is 12.5. The monoisotopic (exact) mass is 372 g/mol. The van der Waals surface area contributed by atoms with E-state index in [4.69, 9.17) is 9.84 Å². The van der Waals surface area contributed by atoms with Gasteiger partial charge in [0.25, 0.3) is 0 Å². The molecule has 1 unspecified atom stereocenters. The van der Waals surface area contributed by atoms with E-state index in [0.717, 1.165) is 0 Å². The summed E-state index contributed by atoms with van der Waals surface area (Å²) in [5, 5.41) is 13.9. The van der Waals surface area contributed by atoms with Gasteiger partial charge in [-0.1, -0.05) is 6.07 Å². The third-order valence-corrected chi connectivity index (χ3v) is 5.03. The van der Waals surface area contributed by atoms with Gasteiger partial charge in [0.2, 0.25) is 11.8 Å². The largest absolute Gasteiger partial charge is 0.497 e. The zero-order valence-electron chi connectivity index (χ0n) is 13.8. The normalized spacial score (nSPS) is 15.6. The molecule has 0 spiro atoms. The number of carbonyl (C=O) groups excluding carboxylic acids is 2. The third kappa shape index (κ3) is 3.97. The van der Waals surface area contributed by atoms with Crippen molar-refractivity contribution < 1.29 is 24.2 Å². The van der Waals surface area contributed by atoms with E-state index < -0.39 is 11.2 Å². The molecule has 7 nitrogen and oxygen atoms in total. The lowest BCUT2D eigenvalue weighted by Crippen LogP contribution is -2.32. The summed E-state index contributed by atoms with van der Waals surface area (Å²) >= 11 is 1.18. The number of hydrogen-bond donors (Lipinski definition) is 3. The van der Waals surface area contributed by atoms with Gasteiger partial charge in [0, 0.05) is 23.1 Å². The highest BCUT2D eigenvalue weighted by Gasteiger charge is 2.29. The lowest BCUT2D eigenvalue weighted by molar-refractivity contribution is -0.120. The highest BCUT2D eigenvalue weighted by atomic mass is 32.2. The summed E-state index contributed by atoms with van der Waals surface area (Å²) in [5.41, 5.74) is 1.26. The molecule has 0 aliphatic carbocycles. The smallest absolute Gasteiger partial charge is 0.335 e. The number of rotatable bonds is 5. The number of benzene rings is 2. The number of anilines is 2. The molecule has 0 saturated carbocycles. The van der Waals surface area contributed by atoms with Crippen LogP contribution in [0.1, 0.15) is 16.8 Å². The van der Waals surface area contributed by atoms with Crippen molar-refractivity contribution in [3.8, 4) is 5.75 Å².